The van der Waals surface area contributed by atoms with Crippen LogP contribution in [0.1, 0.15) is 51.2 Å². The zero-order chi connectivity index (χ0) is 15.9. The molecule has 1 heterocycles. The Labute approximate surface area is 135 Å². The van der Waals surface area contributed by atoms with Crippen molar-refractivity contribution in [3.63, 3.8) is 0 Å². The topological polar surface area (TPSA) is 23.5 Å². The van der Waals surface area contributed by atoms with Crippen LogP contribution in [-0.2, 0) is 6.42 Å². The maximum absolute atomic E-state index is 9.18. The van der Waals surface area contributed by atoms with Gasteiger partial charge in [-0.2, -0.15) is 0 Å². The molecule has 0 saturated carbocycles. The molecule has 2 heteroatoms. The van der Waals surface area contributed by atoms with E-state index in [2.05, 4.69) is 62.3 Å². The molecular formula is C20H29NO. The molecule has 2 nitrogen and oxygen atoms in total. The van der Waals surface area contributed by atoms with Gasteiger partial charge in [0.2, 0.25) is 0 Å². The Hall–Kier alpha value is -1.54. The summed E-state index contributed by atoms with van der Waals surface area (Å²) in [7, 11) is 0. The molecule has 1 unspecified atom stereocenters. The van der Waals surface area contributed by atoms with E-state index in [1.54, 1.807) is 0 Å². The number of aliphatic hydroxyl groups excluding tert-OH is 1. The maximum Gasteiger partial charge on any atom is 0.0434 e. The summed E-state index contributed by atoms with van der Waals surface area (Å²) in [6, 6.07) is 8.95. The van der Waals surface area contributed by atoms with Gasteiger partial charge >= 0.3 is 0 Å². The second-order valence-corrected chi connectivity index (χ2v) is 6.34. The highest BCUT2D eigenvalue weighted by Gasteiger charge is 2.14. The second kappa shape index (κ2) is 8.19. The molecule has 0 saturated heterocycles. The van der Waals surface area contributed by atoms with Crippen molar-refractivity contribution in [3.05, 3.63) is 53.4 Å². The number of allylic oxidation sites excluding steroid dienone is 2. The van der Waals surface area contributed by atoms with Gasteiger partial charge in [-0.3, -0.25) is 0 Å². The van der Waals surface area contributed by atoms with Crippen molar-refractivity contribution < 1.29 is 5.11 Å². The third-order valence-electron chi connectivity index (χ3n) is 4.49. The van der Waals surface area contributed by atoms with Crippen LogP contribution in [0.15, 0.2) is 42.2 Å². The first-order valence-electron chi connectivity index (χ1n) is 8.50. The molecule has 0 fully saturated rings. The monoisotopic (exact) mass is 299 g/mol. The highest BCUT2D eigenvalue weighted by Crippen LogP contribution is 2.28. The Morgan fingerprint density at radius 3 is 2.45 bits per heavy atom. The molecular weight excluding hydrogens is 270 g/mol. The standard InChI is InChI=1S/C20H29NO/c1-4-17-6-8-19(9-7-17)20-12-16(3)13-21(15-20)14-18(5-2)10-11-22/h6-9,13,15,18,22H,4-5,10-12,14H2,1-3H3. The first-order chi connectivity index (χ1) is 10.7. The van der Waals surface area contributed by atoms with E-state index in [9.17, 15) is 5.11 Å². The lowest BCUT2D eigenvalue weighted by molar-refractivity contribution is 0.237. The van der Waals surface area contributed by atoms with E-state index in [1.165, 1.54) is 22.3 Å². The van der Waals surface area contributed by atoms with Gasteiger partial charge in [-0.1, -0.05) is 50.1 Å². The van der Waals surface area contributed by atoms with Crippen molar-refractivity contribution in [2.45, 2.75) is 46.5 Å². The van der Waals surface area contributed by atoms with E-state index in [1.807, 2.05) is 0 Å². The normalized spacial score (nSPS) is 16.3. The van der Waals surface area contributed by atoms with E-state index in [0.29, 0.717) is 5.92 Å². The van der Waals surface area contributed by atoms with Crippen LogP contribution in [-0.4, -0.2) is 23.2 Å². The van der Waals surface area contributed by atoms with Crippen molar-refractivity contribution in [2.24, 2.45) is 5.92 Å². The second-order valence-electron chi connectivity index (χ2n) is 6.34. The molecule has 0 bridgehead atoms. The lowest BCUT2D eigenvalue weighted by atomic mass is 9.95. The van der Waals surface area contributed by atoms with Crippen molar-refractivity contribution in [1.29, 1.82) is 0 Å². The average molecular weight is 299 g/mol. The minimum absolute atomic E-state index is 0.282. The fourth-order valence-corrected chi connectivity index (χ4v) is 3.05. The number of hydrogen-bond donors (Lipinski definition) is 1. The molecule has 0 radical (unpaired) electrons. The number of hydrogen-bond acceptors (Lipinski definition) is 2. The molecule has 1 aliphatic heterocycles. The fourth-order valence-electron chi connectivity index (χ4n) is 3.05. The Kier molecular flexibility index (Phi) is 6.26. The Bertz CT molecular complexity index is 527. The Balaban J connectivity index is 2.13. The highest BCUT2D eigenvalue weighted by atomic mass is 16.3. The first kappa shape index (κ1) is 16.8. The van der Waals surface area contributed by atoms with Crippen LogP contribution in [0, 0.1) is 5.92 Å². The van der Waals surface area contributed by atoms with Crippen LogP contribution < -0.4 is 0 Å². The maximum atomic E-state index is 9.18. The predicted molar refractivity (Wildman–Crippen MR) is 94.4 cm³/mol. The van der Waals surface area contributed by atoms with Crippen LogP contribution in [0.4, 0.5) is 0 Å². The predicted octanol–water partition coefficient (Wildman–Crippen LogP) is 4.61. The quantitative estimate of drug-likeness (QED) is 0.795. The zero-order valence-electron chi connectivity index (χ0n) is 14.2. The number of aryl methyl sites for hydroxylation is 1. The van der Waals surface area contributed by atoms with Crippen molar-refractivity contribution in [1.82, 2.24) is 4.90 Å². The van der Waals surface area contributed by atoms with E-state index in [0.717, 1.165) is 32.2 Å². The number of aliphatic hydroxyl groups is 1. The van der Waals surface area contributed by atoms with Gasteiger partial charge in [0, 0.05) is 25.6 Å². The lowest BCUT2D eigenvalue weighted by Gasteiger charge is -2.28. The van der Waals surface area contributed by atoms with Gasteiger partial charge in [0.1, 0.15) is 0 Å². The summed E-state index contributed by atoms with van der Waals surface area (Å²) in [5, 5.41) is 9.18. The summed E-state index contributed by atoms with van der Waals surface area (Å²) >= 11 is 0. The van der Waals surface area contributed by atoms with Gasteiger partial charge in [0.15, 0.2) is 0 Å². The molecule has 1 aliphatic rings. The Morgan fingerprint density at radius 1 is 1.14 bits per heavy atom. The summed E-state index contributed by atoms with van der Waals surface area (Å²) < 4.78 is 0. The van der Waals surface area contributed by atoms with Crippen molar-refractivity contribution >= 4 is 5.57 Å². The first-order valence-corrected chi connectivity index (χ1v) is 8.50. The molecule has 2 rings (SSSR count). The minimum Gasteiger partial charge on any atom is -0.396 e. The smallest absolute Gasteiger partial charge is 0.0434 e. The third kappa shape index (κ3) is 4.48. The van der Waals surface area contributed by atoms with Crippen LogP contribution in [0.5, 0.6) is 0 Å². The Morgan fingerprint density at radius 2 is 1.86 bits per heavy atom. The molecule has 1 atom stereocenters. The molecule has 0 spiro atoms. The molecule has 0 aromatic heterocycles. The van der Waals surface area contributed by atoms with E-state index in [4.69, 9.17) is 0 Å². The van der Waals surface area contributed by atoms with Crippen molar-refractivity contribution in [2.75, 3.05) is 13.2 Å². The van der Waals surface area contributed by atoms with Gasteiger partial charge in [-0.25, -0.2) is 0 Å². The van der Waals surface area contributed by atoms with Crippen LogP contribution >= 0.6 is 0 Å². The van der Waals surface area contributed by atoms with Crippen LogP contribution in [0.3, 0.4) is 0 Å². The summed E-state index contributed by atoms with van der Waals surface area (Å²) in [5.41, 5.74) is 5.50. The highest BCUT2D eigenvalue weighted by molar-refractivity contribution is 5.68. The molecule has 22 heavy (non-hydrogen) atoms. The summed E-state index contributed by atoms with van der Waals surface area (Å²) in [6.45, 7) is 7.87. The summed E-state index contributed by atoms with van der Waals surface area (Å²) in [6.07, 6.45) is 8.65. The molecule has 0 aliphatic carbocycles. The minimum atomic E-state index is 0.282. The van der Waals surface area contributed by atoms with Gasteiger partial charge in [-0.05, 0) is 48.8 Å². The van der Waals surface area contributed by atoms with Gasteiger partial charge < -0.3 is 10.0 Å². The average Bonchev–Trinajstić information content (AvgIpc) is 2.54. The summed E-state index contributed by atoms with van der Waals surface area (Å²) in [4.78, 5) is 2.31. The number of rotatable bonds is 7. The van der Waals surface area contributed by atoms with E-state index in [-0.39, 0.29) is 6.61 Å². The largest absolute Gasteiger partial charge is 0.396 e. The lowest BCUT2D eigenvalue weighted by Crippen LogP contribution is -2.23. The third-order valence-corrected chi connectivity index (χ3v) is 4.49. The molecule has 1 N–H and O–H groups in total. The zero-order valence-corrected chi connectivity index (χ0v) is 14.2. The molecule has 1 aromatic carbocycles. The van der Waals surface area contributed by atoms with E-state index < -0.39 is 0 Å². The van der Waals surface area contributed by atoms with Gasteiger partial charge in [0.05, 0.1) is 0 Å². The molecule has 120 valence electrons. The number of benzene rings is 1. The van der Waals surface area contributed by atoms with Crippen LogP contribution in [0.25, 0.3) is 5.57 Å². The van der Waals surface area contributed by atoms with Gasteiger partial charge in [-0.15, -0.1) is 0 Å². The molecule has 1 aromatic rings. The SMILES string of the molecule is CCc1ccc(C2=CN(CC(CC)CCO)C=C(C)C2)cc1. The van der Waals surface area contributed by atoms with Crippen molar-refractivity contribution in [3.8, 4) is 0 Å². The fraction of sp³-hybridized carbons (Fsp3) is 0.500. The molecule has 0 amide bonds. The van der Waals surface area contributed by atoms with Crippen LogP contribution in [0.2, 0.25) is 0 Å². The van der Waals surface area contributed by atoms with E-state index >= 15 is 0 Å². The van der Waals surface area contributed by atoms with Gasteiger partial charge in [0.25, 0.3) is 0 Å². The number of nitrogens with zero attached hydrogens (tertiary/aromatic N) is 1. The summed E-state index contributed by atoms with van der Waals surface area (Å²) in [5.74, 6) is 0.548.